The van der Waals surface area contributed by atoms with Crippen LogP contribution in [0, 0.1) is 0 Å². The van der Waals surface area contributed by atoms with Crippen molar-refractivity contribution in [2.75, 3.05) is 7.11 Å². The summed E-state index contributed by atoms with van der Waals surface area (Å²) in [6, 6.07) is 15.4. The van der Waals surface area contributed by atoms with E-state index in [4.69, 9.17) is 4.74 Å². The average molecular weight is 340 g/mol. The Labute approximate surface area is 143 Å². The predicted octanol–water partition coefficient (Wildman–Crippen LogP) is 2.83. The molecule has 0 fully saturated rings. The molecule has 0 amide bonds. The van der Waals surface area contributed by atoms with Gasteiger partial charge in [-0.25, -0.2) is 5.01 Å². The number of fused-ring (bicyclic) bond motifs is 1. The second-order valence-corrected chi connectivity index (χ2v) is 6.18. The number of nitrogens with one attached hydrogen (secondary N) is 2. The lowest BCUT2D eigenvalue weighted by Crippen LogP contribution is -2.49. The first kappa shape index (κ1) is 14.9. The van der Waals surface area contributed by atoms with E-state index in [1.165, 1.54) is 7.11 Å². The molecule has 0 spiro atoms. The molecule has 2 heterocycles. The normalized spacial score (nSPS) is 19.2. The van der Waals surface area contributed by atoms with Crippen molar-refractivity contribution < 1.29 is 9.84 Å². The molecular weight excluding hydrogens is 324 g/mol. The van der Waals surface area contributed by atoms with Crippen molar-refractivity contribution in [2.24, 2.45) is 5.10 Å². The summed E-state index contributed by atoms with van der Waals surface area (Å²) in [6.07, 6.45) is -0.228. The lowest BCUT2D eigenvalue weighted by molar-refractivity contribution is 0.288. The molecule has 0 aromatic heterocycles. The third kappa shape index (κ3) is 2.57. The number of phenols is 1. The maximum atomic E-state index is 9.76. The number of aromatic hydroxyl groups is 1. The van der Waals surface area contributed by atoms with Crippen molar-refractivity contribution in [3.63, 3.8) is 0 Å². The number of nitrogens with zero attached hydrogens (tertiary/aromatic N) is 2. The van der Waals surface area contributed by atoms with Crippen LogP contribution in [0.4, 0.5) is 0 Å². The van der Waals surface area contributed by atoms with Gasteiger partial charge < -0.3 is 9.84 Å². The summed E-state index contributed by atoms with van der Waals surface area (Å²) in [4.78, 5) is 0. The van der Waals surface area contributed by atoms with Crippen LogP contribution in [-0.4, -0.2) is 22.4 Å². The van der Waals surface area contributed by atoms with Crippen LogP contribution >= 0.6 is 11.8 Å². The van der Waals surface area contributed by atoms with Gasteiger partial charge in [-0.2, -0.15) is 10.5 Å². The van der Waals surface area contributed by atoms with Gasteiger partial charge >= 0.3 is 0 Å². The summed E-state index contributed by atoms with van der Waals surface area (Å²) in [7, 11) is 1.53. The Hall–Kier alpha value is -2.64. The maximum absolute atomic E-state index is 9.76. The van der Waals surface area contributed by atoms with Gasteiger partial charge in [0.05, 0.1) is 12.8 Å². The maximum Gasteiger partial charge on any atom is 0.206 e. The standard InChI is InChI=1S/C17H16N4O2S/c1-23-15-9-12(7-8-14(15)22)16-18-19-17-21(20-16)13(10-24-17)11-5-3-2-4-6-11/h2-10,16,18,20,22H,1H3. The van der Waals surface area contributed by atoms with Crippen LogP contribution in [-0.2, 0) is 0 Å². The summed E-state index contributed by atoms with van der Waals surface area (Å²) >= 11 is 1.56. The van der Waals surface area contributed by atoms with Crippen LogP contribution in [0.1, 0.15) is 17.3 Å². The topological polar surface area (TPSA) is 69.1 Å². The molecule has 1 unspecified atom stereocenters. The molecule has 24 heavy (non-hydrogen) atoms. The number of hydrazine groups is 1. The highest BCUT2D eigenvalue weighted by atomic mass is 32.2. The molecule has 4 rings (SSSR count). The molecule has 0 aliphatic carbocycles. The summed E-state index contributed by atoms with van der Waals surface area (Å²) in [6.45, 7) is 0. The second kappa shape index (κ2) is 6.10. The molecule has 122 valence electrons. The largest absolute Gasteiger partial charge is 0.504 e. The van der Waals surface area contributed by atoms with E-state index >= 15 is 0 Å². The molecule has 6 nitrogen and oxygen atoms in total. The molecule has 1 atom stereocenters. The van der Waals surface area contributed by atoms with Crippen LogP contribution in [0.5, 0.6) is 11.5 Å². The number of rotatable bonds is 3. The first-order valence-corrected chi connectivity index (χ1v) is 8.33. The Morgan fingerprint density at radius 3 is 2.83 bits per heavy atom. The highest BCUT2D eigenvalue weighted by Gasteiger charge is 2.30. The van der Waals surface area contributed by atoms with Gasteiger partial charge in [-0.15, -0.1) is 0 Å². The van der Waals surface area contributed by atoms with Gasteiger partial charge in [-0.1, -0.05) is 48.2 Å². The van der Waals surface area contributed by atoms with Crippen LogP contribution in [0.15, 0.2) is 59.0 Å². The third-order valence-corrected chi connectivity index (χ3v) is 4.69. The van der Waals surface area contributed by atoms with Crippen molar-refractivity contribution in [1.82, 2.24) is 15.9 Å². The van der Waals surface area contributed by atoms with Gasteiger partial charge in [0, 0.05) is 11.0 Å². The number of phenolic OH excluding ortho intramolecular Hbond substituents is 1. The Kier molecular flexibility index (Phi) is 3.79. The zero-order valence-electron chi connectivity index (χ0n) is 12.9. The molecule has 0 saturated heterocycles. The second-order valence-electron chi connectivity index (χ2n) is 5.34. The average Bonchev–Trinajstić information content (AvgIpc) is 3.06. The monoisotopic (exact) mass is 340 g/mol. The van der Waals surface area contributed by atoms with E-state index in [-0.39, 0.29) is 11.9 Å². The number of benzene rings is 2. The van der Waals surface area contributed by atoms with Crippen molar-refractivity contribution >= 4 is 22.6 Å². The number of thioether (sulfide) groups is 1. The first-order chi connectivity index (χ1) is 11.8. The van der Waals surface area contributed by atoms with Gasteiger partial charge in [0.1, 0.15) is 6.17 Å². The van der Waals surface area contributed by atoms with Crippen LogP contribution in [0.25, 0.3) is 5.70 Å². The summed E-state index contributed by atoms with van der Waals surface area (Å²) in [5.41, 5.74) is 9.59. The number of amidine groups is 1. The number of hydrogen-bond donors (Lipinski definition) is 3. The Bertz CT molecular complexity index is 823. The van der Waals surface area contributed by atoms with E-state index in [0.717, 1.165) is 22.0 Å². The predicted molar refractivity (Wildman–Crippen MR) is 95.0 cm³/mol. The molecule has 0 saturated carbocycles. The van der Waals surface area contributed by atoms with E-state index in [1.54, 1.807) is 23.9 Å². The van der Waals surface area contributed by atoms with Crippen molar-refractivity contribution in [2.45, 2.75) is 6.17 Å². The number of hydrazone groups is 1. The summed E-state index contributed by atoms with van der Waals surface area (Å²) in [5.74, 6) is 0.545. The molecule has 7 heteroatoms. The highest BCUT2D eigenvalue weighted by molar-refractivity contribution is 8.16. The third-order valence-electron chi connectivity index (χ3n) is 3.86. The smallest absolute Gasteiger partial charge is 0.206 e. The SMILES string of the molecule is COc1cc(C2NN=C3SC=C(c4ccccc4)N3N2)ccc1O. The van der Waals surface area contributed by atoms with Crippen molar-refractivity contribution in [1.29, 1.82) is 0 Å². The molecular formula is C17H16N4O2S. The summed E-state index contributed by atoms with van der Waals surface area (Å²) < 4.78 is 5.18. The van der Waals surface area contributed by atoms with Gasteiger partial charge in [0.2, 0.25) is 5.17 Å². The zero-order chi connectivity index (χ0) is 16.5. The van der Waals surface area contributed by atoms with Crippen LogP contribution in [0.2, 0.25) is 0 Å². The zero-order valence-corrected chi connectivity index (χ0v) is 13.7. The van der Waals surface area contributed by atoms with Crippen molar-refractivity contribution in [3.8, 4) is 11.5 Å². The summed E-state index contributed by atoms with van der Waals surface area (Å²) in [5, 5.41) is 19.1. The Balaban J connectivity index is 1.61. The molecule has 0 bridgehead atoms. The first-order valence-electron chi connectivity index (χ1n) is 7.45. The van der Waals surface area contributed by atoms with Crippen molar-refractivity contribution in [3.05, 3.63) is 65.1 Å². The minimum atomic E-state index is -0.228. The van der Waals surface area contributed by atoms with Gasteiger partial charge in [-0.05, 0) is 17.7 Å². The Morgan fingerprint density at radius 1 is 1.21 bits per heavy atom. The fourth-order valence-corrected chi connectivity index (χ4v) is 3.45. The molecule has 2 aliphatic heterocycles. The van der Waals surface area contributed by atoms with Crippen LogP contribution < -0.4 is 15.6 Å². The molecule has 3 N–H and O–H groups in total. The molecule has 0 radical (unpaired) electrons. The molecule has 2 aromatic carbocycles. The number of methoxy groups -OCH3 is 1. The van der Waals surface area contributed by atoms with Gasteiger partial charge in [0.25, 0.3) is 0 Å². The quantitative estimate of drug-likeness (QED) is 0.798. The lowest BCUT2D eigenvalue weighted by Gasteiger charge is -2.33. The Morgan fingerprint density at radius 2 is 2.04 bits per heavy atom. The van der Waals surface area contributed by atoms with Gasteiger partial charge in [-0.3, -0.25) is 5.43 Å². The van der Waals surface area contributed by atoms with Crippen LogP contribution in [0.3, 0.4) is 0 Å². The fourth-order valence-electron chi connectivity index (χ4n) is 2.62. The molecule has 2 aromatic rings. The van der Waals surface area contributed by atoms with E-state index in [9.17, 15) is 5.11 Å². The lowest BCUT2D eigenvalue weighted by atomic mass is 10.1. The minimum Gasteiger partial charge on any atom is -0.504 e. The van der Waals surface area contributed by atoms with E-state index in [1.807, 2.05) is 29.3 Å². The van der Waals surface area contributed by atoms with E-state index in [2.05, 4.69) is 33.5 Å². The number of hydrogen-bond acceptors (Lipinski definition) is 7. The molecule has 2 aliphatic rings. The van der Waals surface area contributed by atoms with E-state index < -0.39 is 0 Å². The highest BCUT2D eigenvalue weighted by Crippen LogP contribution is 2.35. The minimum absolute atomic E-state index is 0.114. The fraction of sp³-hybridized carbons (Fsp3) is 0.118. The van der Waals surface area contributed by atoms with Gasteiger partial charge in [0.15, 0.2) is 11.5 Å². The number of ether oxygens (including phenoxy) is 1. The van der Waals surface area contributed by atoms with E-state index in [0.29, 0.717) is 5.75 Å².